The van der Waals surface area contributed by atoms with E-state index in [0.717, 1.165) is 5.56 Å². The molecule has 0 saturated heterocycles. The van der Waals surface area contributed by atoms with Crippen molar-refractivity contribution in [3.05, 3.63) is 28.5 Å². The SMILES string of the molecule is COC(=O)C(Cc1ccc(Br)nc1)=NC(=O)OC(C)(C)C. The second-order valence-corrected chi connectivity index (χ2v) is 6.01. The van der Waals surface area contributed by atoms with Gasteiger partial charge in [-0.05, 0) is 48.3 Å². The van der Waals surface area contributed by atoms with Gasteiger partial charge in [-0.25, -0.2) is 14.6 Å². The Balaban J connectivity index is 2.93. The van der Waals surface area contributed by atoms with Gasteiger partial charge in [0.1, 0.15) is 15.9 Å². The minimum absolute atomic E-state index is 0.0316. The maximum atomic E-state index is 11.7. The van der Waals surface area contributed by atoms with Crippen LogP contribution in [0.2, 0.25) is 0 Å². The summed E-state index contributed by atoms with van der Waals surface area (Å²) in [5, 5.41) is 0. The molecule has 0 atom stereocenters. The molecule has 0 spiro atoms. The highest BCUT2D eigenvalue weighted by Crippen LogP contribution is 2.10. The zero-order valence-electron chi connectivity index (χ0n) is 12.3. The quantitative estimate of drug-likeness (QED) is 0.472. The van der Waals surface area contributed by atoms with E-state index in [-0.39, 0.29) is 12.1 Å². The van der Waals surface area contributed by atoms with Crippen LogP contribution < -0.4 is 0 Å². The summed E-state index contributed by atoms with van der Waals surface area (Å²) in [6.07, 6.45) is 0.886. The van der Waals surface area contributed by atoms with Crippen LogP contribution in [-0.2, 0) is 20.7 Å². The molecule has 0 N–H and O–H groups in total. The van der Waals surface area contributed by atoms with Crippen molar-refractivity contribution in [2.24, 2.45) is 4.99 Å². The number of pyridine rings is 1. The molecule has 1 heterocycles. The highest BCUT2D eigenvalue weighted by Gasteiger charge is 2.19. The van der Waals surface area contributed by atoms with Crippen molar-refractivity contribution in [3.8, 4) is 0 Å². The summed E-state index contributed by atoms with van der Waals surface area (Å²) in [4.78, 5) is 31.1. The zero-order valence-corrected chi connectivity index (χ0v) is 13.9. The third-order valence-corrected chi connectivity index (χ3v) is 2.67. The third kappa shape index (κ3) is 6.48. The summed E-state index contributed by atoms with van der Waals surface area (Å²) in [6.45, 7) is 5.16. The van der Waals surface area contributed by atoms with Crippen LogP contribution in [0, 0.1) is 0 Å². The summed E-state index contributed by atoms with van der Waals surface area (Å²) < 4.78 is 10.4. The van der Waals surface area contributed by atoms with Gasteiger partial charge in [-0.15, -0.1) is 0 Å². The number of halogens is 1. The monoisotopic (exact) mass is 356 g/mol. The molecule has 0 aliphatic carbocycles. The fraction of sp³-hybridized carbons (Fsp3) is 0.429. The molecule has 0 saturated carbocycles. The number of aliphatic imine (C=N–C) groups is 1. The largest absolute Gasteiger partial charge is 0.465 e. The molecule has 1 rings (SSSR count). The lowest BCUT2D eigenvalue weighted by Crippen LogP contribution is -2.25. The van der Waals surface area contributed by atoms with Crippen LogP contribution in [0.5, 0.6) is 0 Å². The molecule has 0 fully saturated rings. The first kappa shape index (κ1) is 17.3. The first-order valence-electron chi connectivity index (χ1n) is 6.20. The average Bonchev–Trinajstić information content (AvgIpc) is 2.37. The van der Waals surface area contributed by atoms with E-state index in [9.17, 15) is 9.59 Å². The van der Waals surface area contributed by atoms with E-state index in [0.29, 0.717) is 4.60 Å². The predicted molar refractivity (Wildman–Crippen MR) is 81.3 cm³/mol. The second-order valence-electron chi connectivity index (χ2n) is 5.20. The molecule has 1 aromatic rings. The van der Waals surface area contributed by atoms with Crippen molar-refractivity contribution in [1.29, 1.82) is 0 Å². The lowest BCUT2D eigenvalue weighted by atomic mass is 10.1. The molecule has 0 aliphatic heterocycles. The smallest absolute Gasteiger partial charge is 0.434 e. The van der Waals surface area contributed by atoms with E-state index in [1.165, 1.54) is 7.11 Å². The predicted octanol–water partition coefficient (Wildman–Crippen LogP) is 2.94. The summed E-state index contributed by atoms with van der Waals surface area (Å²) in [6, 6.07) is 3.50. The van der Waals surface area contributed by atoms with E-state index in [4.69, 9.17) is 4.74 Å². The highest BCUT2D eigenvalue weighted by atomic mass is 79.9. The van der Waals surface area contributed by atoms with Crippen LogP contribution in [0.1, 0.15) is 26.3 Å². The van der Waals surface area contributed by atoms with E-state index < -0.39 is 17.7 Å². The van der Waals surface area contributed by atoms with Gasteiger partial charge in [-0.2, -0.15) is 4.99 Å². The van der Waals surface area contributed by atoms with Crippen molar-refractivity contribution in [1.82, 2.24) is 4.98 Å². The number of nitrogens with zero attached hydrogens (tertiary/aromatic N) is 2. The Morgan fingerprint density at radius 3 is 2.48 bits per heavy atom. The Bertz CT molecular complexity index is 547. The molecular formula is C14H17BrN2O4. The van der Waals surface area contributed by atoms with Gasteiger partial charge < -0.3 is 9.47 Å². The van der Waals surface area contributed by atoms with Gasteiger partial charge in [-0.3, -0.25) is 0 Å². The summed E-state index contributed by atoms with van der Waals surface area (Å²) in [7, 11) is 1.23. The summed E-state index contributed by atoms with van der Waals surface area (Å²) >= 11 is 3.22. The molecular weight excluding hydrogens is 340 g/mol. The van der Waals surface area contributed by atoms with Crippen LogP contribution >= 0.6 is 15.9 Å². The van der Waals surface area contributed by atoms with Gasteiger partial charge in [0.05, 0.1) is 7.11 Å². The van der Waals surface area contributed by atoms with E-state index in [2.05, 4.69) is 30.6 Å². The first-order chi connectivity index (χ1) is 9.71. The van der Waals surface area contributed by atoms with Gasteiger partial charge in [0.2, 0.25) is 0 Å². The standard InChI is InChI=1S/C14H17BrN2O4/c1-14(2,3)21-13(19)17-10(12(18)20-4)7-9-5-6-11(15)16-8-9/h5-6,8H,7H2,1-4H3. The zero-order chi connectivity index (χ0) is 16.0. The molecule has 0 aromatic carbocycles. The van der Waals surface area contributed by atoms with Crippen LogP contribution in [0.25, 0.3) is 0 Å². The number of ether oxygens (including phenoxy) is 2. The van der Waals surface area contributed by atoms with Crippen molar-refractivity contribution < 1.29 is 19.1 Å². The molecule has 21 heavy (non-hydrogen) atoms. The fourth-order valence-electron chi connectivity index (χ4n) is 1.37. The minimum Gasteiger partial charge on any atom is -0.465 e. The van der Waals surface area contributed by atoms with Crippen LogP contribution in [0.4, 0.5) is 4.79 Å². The lowest BCUT2D eigenvalue weighted by molar-refractivity contribution is -0.132. The molecule has 114 valence electrons. The molecule has 1 aromatic heterocycles. The van der Waals surface area contributed by atoms with E-state index in [1.807, 2.05) is 0 Å². The fourth-order valence-corrected chi connectivity index (χ4v) is 1.61. The molecule has 7 heteroatoms. The number of methoxy groups -OCH3 is 1. The number of esters is 1. The Morgan fingerprint density at radius 1 is 1.33 bits per heavy atom. The van der Waals surface area contributed by atoms with Gasteiger partial charge in [0, 0.05) is 12.6 Å². The molecule has 0 radical (unpaired) electrons. The van der Waals surface area contributed by atoms with Crippen molar-refractivity contribution in [3.63, 3.8) is 0 Å². The number of amides is 1. The molecule has 0 aliphatic rings. The van der Waals surface area contributed by atoms with Gasteiger partial charge in [0.15, 0.2) is 0 Å². The summed E-state index contributed by atoms with van der Waals surface area (Å²) in [5.41, 5.74) is 0.0165. The topological polar surface area (TPSA) is 77.9 Å². The molecule has 0 unspecified atom stereocenters. The van der Waals surface area contributed by atoms with E-state index >= 15 is 0 Å². The van der Waals surface area contributed by atoms with Crippen molar-refractivity contribution in [2.75, 3.05) is 7.11 Å². The first-order valence-corrected chi connectivity index (χ1v) is 7.00. The van der Waals surface area contributed by atoms with Crippen molar-refractivity contribution in [2.45, 2.75) is 32.8 Å². The Hall–Kier alpha value is -1.76. The number of hydrogen-bond donors (Lipinski definition) is 0. The van der Waals surface area contributed by atoms with Gasteiger partial charge in [-0.1, -0.05) is 6.07 Å². The average molecular weight is 357 g/mol. The Morgan fingerprint density at radius 2 is 2.00 bits per heavy atom. The minimum atomic E-state index is -0.826. The number of hydrogen-bond acceptors (Lipinski definition) is 5. The highest BCUT2D eigenvalue weighted by molar-refractivity contribution is 9.10. The van der Waals surface area contributed by atoms with Crippen LogP contribution in [0.3, 0.4) is 0 Å². The number of rotatable bonds is 3. The third-order valence-electron chi connectivity index (χ3n) is 2.20. The Kier molecular flexibility index (Phi) is 6.02. The lowest BCUT2D eigenvalue weighted by Gasteiger charge is -2.17. The molecule has 6 nitrogen and oxygen atoms in total. The van der Waals surface area contributed by atoms with Crippen LogP contribution in [0.15, 0.2) is 27.9 Å². The normalized spacial score (nSPS) is 12.0. The second kappa shape index (κ2) is 7.31. The number of carbonyl (C=O) groups is 2. The summed E-state index contributed by atoms with van der Waals surface area (Å²) in [5.74, 6) is -0.677. The number of carbonyl (C=O) groups excluding carboxylic acids is 2. The van der Waals surface area contributed by atoms with Crippen LogP contribution in [-0.4, -0.2) is 35.5 Å². The Labute approximate surface area is 131 Å². The number of aromatic nitrogens is 1. The molecule has 1 amide bonds. The van der Waals surface area contributed by atoms with Gasteiger partial charge in [0.25, 0.3) is 0 Å². The maximum Gasteiger partial charge on any atom is 0.434 e. The maximum absolute atomic E-state index is 11.7. The molecule has 0 bridgehead atoms. The van der Waals surface area contributed by atoms with Crippen molar-refractivity contribution >= 4 is 33.7 Å². The van der Waals surface area contributed by atoms with E-state index in [1.54, 1.807) is 39.1 Å². The van der Waals surface area contributed by atoms with Gasteiger partial charge >= 0.3 is 12.1 Å².